The third kappa shape index (κ3) is 3.29. The van der Waals surface area contributed by atoms with Crippen LogP contribution in [-0.4, -0.2) is 0 Å². The second-order valence-electron chi connectivity index (χ2n) is 4.28. The Hall–Kier alpha value is -0.960. The molecular weight excluding hydrogens is 269 g/mol. The van der Waals surface area contributed by atoms with Gasteiger partial charge >= 0.3 is 0 Å². The Balaban J connectivity index is 2.01. The Kier molecular flexibility index (Phi) is 4.33. The van der Waals surface area contributed by atoms with E-state index in [9.17, 15) is 0 Å². The van der Waals surface area contributed by atoms with Gasteiger partial charge in [-0.15, -0.1) is 0 Å². The molecule has 1 unspecified atom stereocenters. The summed E-state index contributed by atoms with van der Waals surface area (Å²) in [5.41, 5.74) is 1.03. The van der Waals surface area contributed by atoms with E-state index in [4.69, 9.17) is 27.6 Å². The fourth-order valence-electron chi connectivity index (χ4n) is 1.80. The number of rotatable bonds is 4. The van der Waals surface area contributed by atoms with Gasteiger partial charge < -0.3 is 9.73 Å². The predicted octanol–water partition coefficient (Wildman–Crippen LogP) is 4.75. The summed E-state index contributed by atoms with van der Waals surface area (Å²) < 4.78 is 5.50. The van der Waals surface area contributed by atoms with Crippen LogP contribution in [0.3, 0.4) is 0 Å². The minimum Gasteiger partial charge on any atom is -0.465 e. The van der Waals surface area contributed by atoms with E-state index >= 15 is 0 Å². The molecule has 4 heteroatoms. The minimum absolute atomic E-state index is 0.139. The van der Waals surface area contributed by atoms with Crippen LogP contribution in [0.5, 0.6) is 0 Å². The number of benzene rings is 1. The number of hydrogen-bond donors (Lipinski definition) is 1. The van der Waals surface area contributed by atoms with Crippen molar-refractivity contribution >= 4 is 23.2 Å². The molecule has 96 valence electrons. The molecule has 1 N–H and O–H groups in total. The maximum Gasteiger partial charge on any atom is 0.117 e. The van der Waals surface area contributed by atoms with Crippen molar-refractivity contribution in [3.8, 4) is 0 Å². The van der Waals surface area contributed by atoms with E-state index in [2.05, 4.69) is 12.2 Å². The number of hydrogen-bond acceptors (Lipinski definition) is 2. The fraction of sp³-hybridized carbons (Fsp3) is 0.286. The van der Waals surface area contributed by atoms with Gasteiger partial charge in [-0.25, -0.2) is 0 Å². The Morgan fingerprint density at radius 1 is 1.22 bits per heavy atom. The Bertz CT molecular complexity index is 536. The van der Waals surface area contributed by atoms with Crippen molar-refractivity contribution in [3.05, 3.63) is 57.5 Å². The topological polar surface area (TPSA) is 25.2 Å². The van der Waals surface area contributed by atoms with Gasteiger partial charge in [0.05, 0.1) is 6.54 Å². The molecule has 1 aromatic heterocycles. The van der Waals surface area contributed by atoms with Crippen molar-refractivity contribution in [1.29, 1.82) is 0 Å². The van der Waals surface area contributed by atoms with Gasteiger partial charge in [-0.3, -0.25) is 0 Å². The average molecular weight is 284 g/mol. The summed E-state index contributed by atoms with van der Waals surface area (Å²) in [5, 5.41) is 4.70. The maximum absolute atomic E-state index is 6.16. The zero-order valence-corrected chi connectivity index (χ0v) is 11.8. The number of nitrogens with one attached hydrogen (secondary N) is 1. The van der Waals surface area contributed by atoms with Crippen molar-refractivity contribution in [2.75, 3.05) is 0 Å². The largest absolute Gasteiger partial charge is 0.465 e. The Morgan fingerprint density at radius 3 is 2.61 bits per heavy atom. The highest BCUT2D eigenvalue weighted by atomic mass is 35.5. The normalized spacial score (nSPS) is 12.7. The van der Waals surface area contributed by atoms with Crippen molar-refractivity contribution in [2.24, 2.45) is 0 Å². The molecule has 1 atom stereocenters. The second kappa shape index (κ2) is 5.79. The summed E-state index contributed by atoms with van der Waals surface area (Å²) >= 11 is 12.0. The quantitative estimate of drug-likeness (QED) is 0.876. The third-order valence-corrected chi connectivity index (χ3v) is 3.37. The van der Waals surface area contributed by atoms with Gasteiger partial charge in [-0.2, -0.15) is 0 Å². The standard InChI is InChI=1S/C14H15Cl2NO/c1-9-3-5-12(18-9)8-17-10(2)13-6-4-11(15)7-14(13)16/h3-7,10,17H,8H2,1-2H3. The second-order valence-corrected chi connectivity index (χ2v) is 5.12. The molecule has 0 aliphatic rings. The monoisotopic (exact) mass is 283 g/mol. The van der Waals surface area contributed by atoms with Crippen LogP contribution in [0, 0.1) is 6.92 Å². The molecule has 0 fully saturated rings. The SMILES string of the molecule is Cc1ccc(CNC(C)c2ccc(Cl)cc2Cl)o1. The van der Waals surface area contributed by atoms with E-state index in [1.807, 2.05) is 31.2 Å². The van der Waals surface area contributed by atoms with Crippen LogP contribution in [0.2, 0.25) is 10.0 Å². The minimum atomic E-state index is 0.139. The molecule has 0 saturated carbocycles. The zero-order chi connectivity index (χ0) is 13.1. The van der Waals surface area contributed by atoms with E-state index in [1.165, 1.54) is 0 Å². The van der Waals surface area contributed by atoms with Crippen molar-refractivity contribution in [2.45, 2.75) is 26.4 Å². The Labute approximate surface area is 117 Å². The predicted molar refractivity (Wildman–Crippen MR) is 75.2 cm³/mol. The van der Waals surface area contributed by atoms with Gasteiger partial charge in [0, 0.05) is 16.1 Å². The van der Waals surface area contributed by atoms with E-state index in [1.54, 1.807) is 6.07 Å². The van der Waals surface area contributed by atoms with Crippen molar-refractivity contribution in [3.63, 3.8) is 0 Å². The van der Waals surface area contributed by atoms with Crippen molar-refractivity contribution < 1.29 is 4.42 Å². The smallest absolute Gasteiger partial charge is 0.117 e. The molecule has 1 aromatic carbocycles. The molecule has 0 aliphatic carbocycles. The van der Waals surface area contributed by atoms with Gasteiger partial charge in [0.25, 0.3) is 0 Å². The molecule has 0 bridgehead atoms. The lowest BCUT2D eigenvalue weighted by atomic mass is 10.1. The van der Waals surface area contributed by atoms with E-state index in [-0.39, 0.29) is 6.04 Å². The summed E-state index contributed by atoms with van der Waals surface area (Å²) in [6, 6.07) is 9.61. The lowest BCUT2D eigenvalue weighted by Crippen LogP contribution is -2.18. The molecule has 0 amide bonds. The van der Waals surface area contributed by atoms with Gasteiger partial charge in [0.2, 0.25) is 0 Å². The van der Waals surface area contributed by atoms with Crippen molar-refractivity contribution in [1.82, 2.24) is 5.32 Å². The molecule has 0 radical (unpaired) electrons. The van der Waals surface area contributed by atoms with Gasteiger partial charge in [-0.1, -0.05) is 29.3 Å². The molecule has 0 spiro atoms. The number of furan rings is 1. The summed E-state index contributed by atoms with van der Waals surface area (Å²) in [4.78, 5) is 0. The van der Waals surface area contributed by atoms with Gasteiger partial charge in [-0.05, 0) is 43.7 Å². The molecule has 2 aromatic rings. The first-order valence-corrected chi connectivity index (χ1v) is 6.55. The summed E-state index contributed by atoms with van der Waals surface area (Å²) in [6.07, 6.45) is 0. The van der Waals surface area contributed by atoms with Crippen LogP contribution in [0.25, 0.3) is 0 Å². The molecule has 18 heavy (non-hydrogen) atoms. The van der Waals surface area contributed by atoms with Crippen LogP contribution >= 0.6 is 23.2 Å². The van der Waals surface area contributed by atoms with Crippen LogP contribution < -0.4 is 5.32 Å². The highest BCUT2D eigenvalue weighted by Gasteiger charge is 2.10. The van der Waals surface area contributed by atoms with Crippen LogP contribution in [0.15, 0.2) is 34.7 Å². The molecule has 0 aliphatic heterocycles. The van der Waals surface area contributed by atoms with Crippen LogP contribution in [0.4, 0.5) is 0 Å². The number of aryl methyl sites for hydroxylation is 1. The molecule has 2 nitrogen and oxygen atoms in total. The third-order valence-electron chi connectivity index (χ3n) is 2.81. The first-order valence-electron chi connectivity index (χ1n) is 5.80. The average Bonchev–Trinajstić information content (AvgIpc) is 2.72. The fourth-order valence-corrected chi connectivity index (χ4v) is 2.37. The van der Waals surface area contributed by atoms with E-state index in [0.717, 1.165) is 17.1 Å². The maximum atomic E-state index is 6.16. The molecular formula is C14H15Cl2NO. The highest BCUT2D eigenvalue weighted by molar-refractivity contribution is 6.35. The number of halogens is 2. The van der Waals surface area contributed by atoms with E-state index in [0.29, 0.717) is 16.6 Å². The summed E-state index contributed by atoms with van der Waals surface area (Å²) in [7, 11) is 0. The lowest BCUT2D eigenvalue weighted by Gasteiger charge is -2.15. The first-order chi connectivity index (χ1) is 8.56. The highest BCUT2D eigenvalue weighted by Crippen LogP contribution is 2.26. The van der Waals surface area contributed by atoms with Gasteiger partial charge in [0.15, 0.2) is 0 Å². The summed E-state index contributed by atoms with van der Waals surface area (Å²) in [6.45, 7) is 4.67. The first kappa shape index (κ1) is 13.5. The summed E-state index contributed by atoms with van der Waals surface area (Å²) in [5.74, 6) is 1.84. The van der Waals surface area contributed by atoms with E-state index < -0.39 is 0 Å². The van der Waals surface area contributed by atoms with Gasteiger partial charge in [0.1, 0.15) is 11.5 Å². The van der Waals surface area contributed by atoms with Crippen LogP contribution in [0.1, 0.15) is 30.0 Å². The zero-order valence-electron chi connectivity index (χ0n) is 10.3. The molecule has 1 heterocycles. The Morgan fingerprint density at radius 2 is 2.00 bits per heavy atom. The molecule has 2 rings (SSSR count). The van der Waals surface area contributed by atoms with Crippen LogP contribution in [-0.2, 0) is 6.54 Å². The molecule has 0 saturated heterocycles. The lowest BCUT2D eigenvalue weighted by molar-refractivity contribution is 0.444.